The number of nitrogens with zero attached hydrogens (tertiary/aromatic N) is 1. The lowest BCUT2D eigenvalue weighted by atomic mass is 9.82. The summed E-state index contributed by atoms with van der Waals surface area (Å²) in [6, 6.07) is 28.8. The van der Waals surface area contributed by atoms with Gasteiger partial charge in [0.05, 0.1) is 12.8 Å². The van der Waals surface area contributed by atoms with Gasteiger partial charge in [0.25, 0.3) is 0 Å². The molecule has 0 fully saturated rings. The summed E-state index contributed by atoms with van der Waals surface area (Å²) in [7, 11) is 1.67. The van der Waals surface area contributed by atoms with Gasteiger partial charge in [-0.25, -0.2) is 0 Å². The Morgan fingerprint density at radius 3 is 2.19 bits per heavy atom. The molecule has 4 rings (SSSR count). The van der Waals surface area contributed by atoms with Crippen LogP contribution in [0, 0.1) is 0 Å². The summed E-state index contributed by atoms with van der Waals surface area (Å²) in [5.41, 5.74) is 3.94. The molecule has 3 nitrogen and oxygen atoms in total. The van der Waals surface area contributed by atoms with Crippen LogP contribution in [0.3, 0.4) is 0 Å². The van der Waals surface area contributed by atoms with E-state index in [1.165, 1.54) is 5.56 Å². The van der Waals surface area contributed by atoms with Crippen molar-refractivity contribution < 1.29 is 9.57 Å². The number of methoxy groups -OCH3 is 1. The lowest BCUT2D eigenvalue weighted by Gasteiger charge is -2.27. The zero-order chi connectivity index (χ0) is 17.8. The van der Waals surface area contributed by atoms with Gasteiger partial charge in [0.1, 0.15) is 5.75 Å². The van der Waals surface area contributed by atoms with Gasteiger partial charge in [0, 0.05) is 12.8 Å². The summed E-state index contributed by atoms with van der Waals surface area (Å²) in [5.74, 6) is 0.840. The van der Waals surface area contributed by atoms with Gasteiger partial charge in [-0.2, -0.15) is 0 Å². The van der Waals surface area contributed by atoms with Crippen LogP contribution >= 0.6 is 0 Å². The summed E-state index contributed by atoms with van der Waals surface area (Å²) in [4.78, 5) is 6.11. The molecule has 0 radical (unpaired) electrons. The van der Waals surface area contributed by atoms with Crippen LogP contribution in [-0.4, -0.2) is 12.8 Å². The Morgan fingerprint density at radius 1 is 0.885 bits per heavy atom. The van der Waals surface area contributed by atoms with Crippen molar-refractivity contribution in [2.24, 2.45) is 5.16 Å². The van der Waals surface area contributed by atoms with Crippen LogP contribution in [0.1, 0.15) is 23.1 Å². The molecule has 1 aliphatic rings. The first kappa shape index (κ1) is 16.4. The summed E-state index contributed by atoms with van der Waals surface area (Å²) >= 11 is 0. The Balaban J connectivity index is 1.65. The molecule has 0 saturated heterocycles. The quantitative estimate of drug-likeness (QED) is 0.656. The molecule has 0 saturated carbocycles. The molecule has 3 aromatic carbocycles. The van der Waals surface area contributed by atoms with E-state index in [0.717, 1.165) is 35.4 Å². The van der Waals surface area contributed by atoms with Crippen LogP contribution in [0.2, 0.25) is 0 Å². The van der Waals surface area contributed by atoms with Gasteiger partial charge in [-0.1, -0.05) is 65.8 Å². The minimum absolute atomic E-state index is 0.474. The van der Waals surface area contributed by atoms with Gasteiger partial charge in [0.2, 0.25) is 0 Å². The average molecular weight is 343 g/mol. The third-order valence-electron chi connectivity index (χ3n) is 4.84. The highest BCUT2D eigenvalue weighted by molar-refractivity contribution is 6.01. The number of oxime groups is 1. The van der Waals surface area contributed by atoms with Gasteiger partial charge in [-0.15, -0.1) is 0 Å². The molecule has 3 heteroatoms. The van der Waals surface area contributed by atoms with Crippen molar-refractivity contribution in [2.45, 2.75) is 18.4 Å². The number of hydrogen-bond donors (Lipinski definition) is 0. The highest BCUT2D eigenvalue weighted by Gasteiger charge is 2.41. The van der Waals surface area contributed by atoms with Gasteiger partial charge in [-0.05, 0) is 41.0 Å². The van der Waals surface area contributed by atoms with Crippen LogP contribution in [0.25, 0.3) is 0 Å². The molecule has 0 amide bonds. The molecule has 1 atom stereocenters. The molecule has 3 aromatic rings. The van der Waals surface area contributed by atoms with Crippen LogP contribution in [0.15, 0.2) is 90.1 Å². The van der Waals surface area contributed by atoms with Crippen molar-refractivity contribution >= 4 is 5.71 Å². The lowest BCUT2D eigenvalue weighted by Crippen LogP contribution is -2.29. The smallest absolute Gasteiger partial charge is 0.172 e. The molecule has 0 aliphatic carbocycles. The Bertz CT molecular complexity index is 889. The van der Waals surface area contributed by atoms with Crippen LogP contribution in [0.5, 0.6) is 5.75 Å². The predicted molar refractivity (Wildman–Crippen MR) is 103 cm³/mol. The fourth-order valence-electron chi connectivity index (χ4n) is 3.43. The first-order valence-electron chi connectivity index (χ1n) is 8.78. The van der Waals surface area contributed by atoms with E-state index < -0.39 is 5.60 Å². The summed E-state index contributed by atoms with van der Waals surface area (Å²) in [6.45, 7) is 0. The van der Waals surface area contributed by atoms with Gasteiger partial charge in [0.15, 0.2) is 5.60 Å². The Hall–Kier alpha value is -3.07. The molecule has 26 heavy (non-hydrogen) atoms. The fourth-order valence-corrected chi connectivity index (χ4v) is 3.43. The molecule has 1 heterocycles. The topological polar surface area (TPSA) is 30.8 Å². The van der Waals surface area contributed by atoms with Crippen LogP contribution < -0.4 is 4.74 Å². The first-order chi connectivity index (χ1) is 12.8. The molecule has 0 bridgehead atoms. The van der Waals surface area contributed by atoms with Crippen molar-refractivity contribution in [1.82, 2.24) is 0 Å². The molecule has 0 spiro atoms. The Kier molecular flexibility index (Phi) is 4.44. The maximum atomic E-state index is 6.11. The Morgan fingerprint density at radius 2 is 1.54 bits per heavy atom. The monoisotopic (exact) mass is 343 g/mol. The molecular formula is C23H21NO2. The molecule has 0 aromatic heterocycles. The van der Waals surface area contributed by atoms with Crippen molar-refractivity contribution in [3.8, 4) is 5.75 Å². The summed E-state index contributed by atoms with van der Waals surface area (Å²) < 4.78 is 5.25. The third kappa shape index (κ3) is 3.21. The molecule has 130 valence electrons. The van der Waals surface area contributed by atoms with Crippen LogP contribution in [-0.2, 0) is 16.9 Å². The van der Waals surface area contributed by atoms with E-state index in [0.29, 0.717) is 0 Å². The highest BCUT2D eigenvalue weighted by Crippen LogP contribution is 2.39. The summed E-state index contributed by atoms with van der Waals surface area (Å²) in [6.07, 6.45) is 1.51. The fraction of sp³-hybridized carbons (Fsp3) is 0.174. The predicted octanol–water partition coefficient (Wildman–Crippen LogP) is 4.96. The number of benzene rings is 3. The second-order valence-electron chi connectivity index (χ2n) is 6.56. The molecular weight excluding hydrogens is 322 g/mol. The van der Waals surface area contributed by atoms with Gasteiger partial charge in [-0.3, -0.25) is 0 Å². The second-order valence-corrected chi connectivity index (χ2v) is 6.56. The van der Waals surface area contributed by atoms with Gasteiger partial charge < -0.3 is 9.57 Å². The normalized spacial score (nSPS) is 18.9. The maximum absolute atomic E-state index is 6.11. The first-order valence-corrected chi connectivity index (χ1v) is 8.78. The molecule has 0 N–H and O–H groups in total. The SMILES string of the molecule is COc1ccc(C2=NOC(Cc3ccccc3)(c3ccccc3)C2)cc1. The highest BCUT2D eigenvalue weighted by atomic mass is 16.7. The van der Waals surface area contributed by atoms with E-state index in [1.807, 2.05) is 36.4 Å². The van der Waals surface area contributed by atoms with Crippen LogP contribution in [0.4, 0.5) is 0 Å². The Labute approximate surface area is 153 Å². The van der Waals surface area contributed by atoms with E-state index in [4.69, 9.17) is 9.57 Å². The zero-order valence-electron chi connectivity index (χ0n) is 14.8. The molecule has 1 aliphatic heterocycles. The van der Waals surface area contributed by atoms with Gasteiger partial charge >= 0.3 is 0 Å². The van der Waals surface area contributed by atoms with Crippen molar-refractivity contribution in [3.05, 3.63) is 102 Å². The minimum Gasteiger partial charge on any atom is -0.497 e. The largest absolute Gasteiger partial charge is 0.497 e. The third-order valence-corrected chi connectivity index (χ3v) is 4.84. The number of ether oxygens (including phenoxy) is 1. The average Bonchev–Trinajstić information content (AvgIpc) is 3.15. The maximum Gasteiger partial charge on any atom is 0.172 e. The number of hydrogen-bond acceptors (Lipinski definition) is 3. The standard InChI is InChI=1S/C23H21NO2/c1-25-21-14-12-19(13-15-21)22-17-23(26-24-22,20-10-6-3-7-11-20)16-18-8-4-2-5-9-18/h2-15H,16-17H2,1H3. The van der Waals surface area contributed by atoms with Crippen molar-refractivity contribution in [3.63, 3.8) is 0 Å². The minimum atomic E-state index is -0.474. The summed E-state index contributed by atoms with van der Waals surface area (Å²) in [5, 5.41) is 4.46. The lowest BCUT2D eigenvalue weighted by molar-refractivity contribution is -0.0230. The zero-order valence-corrected chi connectivity index (χ0v) is 14.8. The van der Waals surface area contributed by atoms with E-state index in [1.54, 1.807) is 7.11 Å². The van der Waals surface area contributed by atoms with Crippen molar-refractivity contribution in [2.75, 3.05) is 7.11 Å². The molecule has 1 unspecified atom stereocenters. The van der Waals surface area contributed by atoms with E-state index in [-0.39, 0.29) is 0 Å². The van der Waals surface area contributed by atoms with E-state index in [9.17, 15) is 0 Å². The second kappa shape index (κ2) is 7.04. The van der Waals surface area contributed by atoms with E-state index in [2.05, 4.69) is 53.7 Å². The van der Waals surface area contributed by atoms with E-state index >= 15 is 0 Å². The van der Waals surface area contributed by atoms with Crippen molar-refractivity contribution in [1.29, 1.82) is 0 Å². The number of rotatable bonds is 5.